The third-order valence-corrected chi connectivity index (χ3v) is 6.53. The van der Waals surface area contributed by atoms with Crippen molar-refractivity contribution in [2.75, 3.05) is 0 Å². The van der Waals surface area contributed by atoms with Crippen molar-refractivity contribution in [3.8, 4) is 0 Å². The van der Waals surface area contributed by atoms with Crippen LogP contribution in [0.3, 0.4) is 0 Å². The number of rotatable bonds is 2. The molecule has 0 saturated heterocycles. The highest BCUT2D eigenvalue weighted by Gasteiger charge is 2.35. The molecule has 0 aromatic heterocycles. The van der Waals surface area contributed by atoms with E-state index in [1.165, 1.54) is 49.4 Å². The van der Waals surface area contributed by atoms with Crippen LogP contribution in [-0.4, -0.2) is 6.71 Å². The summed E-state index contributed by atoms with van der Waals surface area (Å²) in [5.74, 6) is 0. The van der Waals surface area contributed by atoms with Gasteiger partial charge in [0, 0.05) is 5.03 Å². The van der Waals surface area contributed by atoms with E-state index in [2.05, 4.69) is 99.6 Å². The van der Waals surface area contributed by atoms with Crippen molar-refractivity contribution in [1.29, 1.82) is 0 Å². The van der Waals surface area contributed by atoms with Crippen LogP contribution in [0, 0.1) is 20.8 Å². The second-order valence-corrected chi connectivity index (χ2v) is 8.47. The molecule has 0 saturated carbocycles. The Morgan fingerprint density at radius 3 is 2.07 bits per heavy atom. The monoisotopic (exact) mass is 392 g/mol. The first kappa shape index (κ1) is 18.3. The fraction of sp³-hybridized carbons (Fsp3) is 0.111. The molecule has 1 aliphatic rings. The fourth-order valence-corrected chi connectivity index (χ4v) is 5.45. The molecule has 4 aromatic rings. The highest BCUT2D eigenvalue weighted by atomic mass is 35.5. The van der Waals surface area contributed by atoms with Gasteiger partial charge in [-0.25, -0.2) is 0 Å². The first-order valence-electron chi connectivity index (χ1n) is 10.1. The molecule has 0 N–H and O–H groups in total. The van der Waals surface area contributed by atoms with E-state index in [4.69, 9.17) is 11.6 Å². The van der Waals surface area contributed by atoms with Crippen LogP contribution >= 0.6 is 11.6 Å². The van der Waals surface area contributed by atoms with Crippen molar-refractivity contribution in [1.82, 2.24) is 0 Å². The summed E-state index contributed by atoms with van der Waals surface area (Å²) >= 11 is 7.17. The summed E-state index contributed by atoms with van der Waals surface area (Å²) in [6.07, 6.45) is 0. The Labute approximate surface area is 177 Å². The summed E-state index contributed by atoms with van der Waals surface area (Å²) in [4.78, 5) is 0. The molecule has 0 nitrogen and oxygen atoms in total. The molecule has 0 spiro atoms. The molecule has 0 bridgehead atoms. The van der Waals surface area contributed by atoms with Gasteiger partial charge in [-0.2, -0.15) is 0 Å². The lowest BCUT2D eigenvalue weighted by molar-refractivity contribution is 1.35. The van der Waals surface area contributed by atoms with Gasteiger partial charge < -0.3 is 0 Å². The Bertz CT molecular complexity index is 1260. The number of benzene rings is 4. The lowest BCUT2D eigenvalue weighted by Crippen LogP contribution is -2.48. The molecule has 1 heterocycles. The van der Waals surface area contributed by atoms with Gasteiger partial charge in [0.15, 0.2) is 0 Å². The summed E-state index contributed by atoms with van der Waals surface area (Å²) in [6, 6.07) is 28.3. The van der Waals surface area contributed by atoms with Crippen LogP contribution < -0.4 is 10.9 Å². The van der Waals surface area contributed by atoms with Crippen LogP contribution in [0.2, 0.25) is 0 Å². The van der Waals surface area contributed by atoms with Crippen LogP contribution in [0.1, 0.15) is 27.8 Å². The van der Waals surface area contributed by atoms with E-state index in [9.17, 15) is 0 Å². The number of halogens is 1. The second-order valence-electron chi connectivity index (χ2n) is 8.09. The summed E-state index contributed by atoms with van der Waals surface area (Å²) in [7, 11) is 0. The molecule has 29 heavy (non-hydrogen) atoms. The minimum Gasteiger partial charge on any atom is -0.0842 e. The molecule has 0 unspecified atom stereocenters. The molecular formula is C27H22BCl. The molecule has 2 heteroatoms. The summed E-state index contributed by atoms with van der Waals surface area (Å²) in [6.45, 7) is 6.74. The Hall–Kier alpha value is -2.77. The van der Waals surface area contributed by atoms with Gasteiger partial charge in [-0.3, -0.25) is 0 Å². The number of aryl methyl sites for hydroxylation is 3. The first-order valence-corrected chi connectivity index (χ1v) is 10.5. The quantitative estimate of drug-likeness (QED) is 0.365. The maximum atomic E-state index is 7.17. The predicted octanol–water partition coefficient (Wildman–Crippen LogP) is 6.03. The number of hydrogen-bond acceptors (Lipinski definition) is 0. The molecule has 5 rings (SSSR count). The number of hydrogen-bond donors (Lipinski definition) is 0. The van der Waals surface area contributed by atoms with Crippen molar-refractivity contribution in [3.63, 3.8) is 0 Å². The van der Waals surface area contributed by atoms with Gasteiger partial charge in [-0.1, -0.05) is 118 Å². The Morgan fingerprint density at radius 1 is 0.724 bits per heavy atom. The van der Waals surface area contributed by atoms with Crippen molar-refractivity contribution in [2.45, 2.75) is 20.8 Å². The minimum absolute atomic E-state index is 0.115. The molecule has 4 aromatic carbocycles. The Kier molecular flexibility index (Phi) is 4.37. The Morgan fingerprint density at radius 2 is 1.38 bits per heavy atom. The largest absolute Gasteiger partial charge is 0.245 e. The SMILES string of the molecule is Cc1cc(C)c(B2C(c3ccccc3)=C(Cl)c3cccc4cccc2c34)c(C)c1. The first-order chi connectivity index (χ1) is 14.1. The standard InChI is InChI=1S/C27H22BCl/c1-17-15-18(2)25(19(3)16-17)28-23-14-8-12-20-11-7-13-22(24(20)23)27(29)26(28)21-9-5-4-6-10-21/h4-16H,1-3H3. The van der Waals surface area contributed by atoms with Crippen molar-refractivity contribution in [2.24, 2.45) is 0 Å². The third kappa shape index (κ3) is 2.84. The van der Waals surface area contributed by atoms with Crippen LogP contribution in [0.25, 0.3) is 21.3 Å². The van der Waals surface area contributed by atoms with Gasteiger partial charge >= 0.3 is 0 Å². The zero-order valence-electron chi connectivity index (χ0n) is 17.0. The normalized spacial score (nSPS) is 13.3. The smallest absolute Gasteiger partial charge is 0.0842 e. The summed E-state index contributed by atoms with van der Waals surface area (Å²) < 4.78 is 0. The predicted molar refractivity (Wildman–Crippen MR) is 129 cm³/mol. The van der Waals surface area contributed by atoms with E-state index in [0.717, 1.165) is 10.6 Å². The van der Waals surface area contributed by atoms with Gasteiger partial charge in [-0.05, 0) is 48.1 Å². The van der Waals surface area contributed by atoms with Gasteiger partial charge in [0.05, 0.1) is 0 Å². The van der Waals surface area contributed by atoms with Gasteiger partial charge in [0.2, 0.25) is 6.71 Å². The lowest BCUT2D eigenvalue weighted by Gasteiger charge is -2.30. The van der Waals surface area contributed by atoms with Gasteiger partial charge in [-0.15, -0.1) is 0 Å². The molecule has 0 atom stereocenters. The molecule has 1 aliphatic heterocycles. The topological polar surface area (TPSA) is 0 Å². The minimum atomic E-state index is 0.115. The average Bonchev–Trinajstić information content (AvgIpc) is 2.71. The van der Waals surface area contributed by atoms with E-state index < -0.39 is 0 Å². The molecular weight excluding hydrogens is 371 g/mol. The van der Waals surface area contributed by atoms with E-state index in [0.29, 0.717) is 0 Å². The van der Waals surface area contributed by atoms with Crippen LogP contribution in [-0.2, 0) is 0 Å². The van der Waals surface area contributed by atoms with Crippen molar-refractivity contribution >= 4 is 50.5 Å². The average molecular weight is 393 g/mol. The Balaban J connectivity index is 1.93. The highest BCUT2D eigenvalue weighted by Crippen LogP contribution is 2.39. The maximum Gasteiger partial charge on any atom is 0.245 e. The zero-order chi connectivity index (χ0) is 20.1. The van der Waals surface area contributed by atoms with E-state index in [1.807, 2.05) is 0 Å². The van der Waals surface area contributed by atoms with E-state index >= 15 is 0 Å². The second kappa shape index (κ2) is 6.93. The van der Waals surface area contributed by atoms with Crippen molar-refractivity contribution in [3.05, 3.63) is 107 Å². The highest BCUT2D eigenvalue weighted by molar-refractivity contribution is 7.04. The maximum absolute atomic E-state index is 7.17. The summed E-state index contributed by atoms with van der Waals surface area (Å²) in [5, 5.41) is 3.40. The van der Waals surface area contributed by atoms with Gasteiger partial charge in [0.25, 0.3) is 0 Å². The fourth-order valence-electron chi connectivity index (χ4n) is 5.08. The van der Waals surface area contributed by atoms with Crippen LogP contribution in [0.4, 0.5) is 0 Å². The molecule has 0 aliphatic carbocycles. The van der Waals surface area contributed by atoms with Gasteiger partial charge in [0.1, 0.15) is 0 Å². The van der Waals surface area contributed by atoms with E-state index in [-0.39, 0.29) is 6.71 Å². The van der Waals surface area contributed by atoms with Crippen molar-refractivity contribution < 1.29 is 0 Å². The molecule has 140 valence electrons. The molecule has 0 fully saturated rings. The lowest BCUT2D eigenvalue weighted by atomic mass is 9.32. The van der Waals surface area contributed by atoms with Crippen LogP contribution in [0.5, 0.6) is 0 Å². The van der Waals surface area contributed by atoms with E-state index in [1.54, 1.807) is 0 Å². The van der Waals surface area contributed by atoms with Crippen LogP contribution in [0.15, 0.2) is 78.9 Å². The molecule has 0 radical (unpaired) electrons. The summed E-state index contributed by atoms with van der Waals surface area (Å²) in [5.41, 5.74) is 10.2. The third-order valence-electron chi connectivity index (χ3n) is 6.12. The molecule has 0 amide bonds. The zero-order valence-corrected chi connectivity index (χ0v) is 17.7.